The van der Waals surface area contributed by atoms with Gasteiger partial charge < -0.3 is 10.7 Å². The predicted molar refractivity (Wildman–Crippen MR) is 68.8 cm³/mol. The molecule has 4 heteroatoms. The Kier molecular flexibility index (Phi) is 2.95. The standard InChI is InChI=1S/C13H15N3O/c1-8(2)10-11(14)15-12(16-13(10)17)9-6-4-3-5-7-9/h3-8H,1-2H3,(H3,14,15,16,17). The van der Waals surface area contributed by atoms with Crippen LogP contribution in [0, 0.1) is 0 Å². The van der Waals surface area contributed by atoms with Crippen molar-refractivity contribution in [3.8, 4) is 11.4 Å². The van der Waals surface area contributed by atoms with Crippen LogP contribution in [0.1, 0.15) is 25.3 Å². The van der Waals surface area contributed by atoms with E-state index < -0.39 is 0 Å². The number of nitrogen functional groups attached to an aromatic ring is 1. The van der Waals surface area contributed by atoms with Crippen LogP contribution in [0.3, 0.4) is 0 Å². The minimum Gasteiger partial charge on any atom is -0.383 e. The molecule has 2 rings (SSSR count). The fourth-order valence-corrected chi connectivity index (χ4v) is 1.79. The van der Waals surface area contributed by atoms with E-state index in [2.05, 4.69) is 9.97 Å². The van der Waals surface area contributed by atoms with E-state index in [1.54, 1.807) is 0 Å². The molecule has 0 radical (unpaired) electrons. The Morgan fingerprint density at radius 2 is 1.88 bits per heavy atom. The van der Waals surface area contributed by atoms with Gasteiger partial charge in [0.2, 0.25) is 0 Å². The van der Waals surface area contributed by atoms with Crippen LogP contribution in [-0.4, -0.2) is 9.97 Å². The van der Waals surface area contributed by atoms with Crippen LogP contribution in [0.4, 0.5) is 5.82 Å². The predicted octanol–water partition coefficient (Wildman–Crippen LogP) is 2.14. The molecule has 0 unspecified atom stereocenters. The summed E-state index contributed by atoms with van der Waals surface area (Å²) in [6.45, 7) is 3.84. The number of anilines is 1. The number of nitrogens with two attached hydrogens (primary N) is 1. The van der Waals surface area contributed by atoms with Gasteiger partial charge in [0.15, 0.2) is 0 Å². The highest BCUT2D eigenvalue weighted by Crippen LogP contribution is 2.19. The molecule has 0 amide bonds. The van der Waals surface area contributed by atoms with E-state index in [1.807, 2.05) is 44.2 Å². The second-order valence-corrected chi connectivity index (χ2v) is 4.23. The number of aromatic nitrogens is 2. The molecule has 0 bridgehead atoms. The zero-order valence-electron chi connectivity index (χ0n) is 9.90. The van der Waals surface area contributed by atoms with Crippen LogP contribution in [-0.2, 0) is 0 Å². The van der Waals surface area contributed by atoms with Crippen molar-refractivity contribution in [3.63, 3.8) is 0 Å². The lowest BCUT2D eigenvalue weighted by molar-refractivity contribution is 0.837. The fourth-order valence-electron chi connectivity index (χ4n) is 1.79. The van der Waals surface area contributed by atoms with E-state index >= 15 is 0 Å². The van der Waals surface area contributed by atoms with Crippen LogP contribution < -0.4 is 11.3 Å². The van der Waals surface area contributed by atoms with Crippen molar-refractivity contribution in [2.45, 2.75) is 19.8 Å². The number of nitrogens with zero attached hydrogens (tertiary/aromatic N) is 1. The molecule has 1 heterocycles. The number of rotatable bonds is 2. The third kappa shape index (κ3) is 2.20. The Balaban J connectivity index is 2.58. The molecular weight excluding hydrogens is 214 g/mol. The van der Waals surface area contributed by atoms with Gasteiger partial charge in [-0.3, -0.25) is 4.79 Å². The number of nitrogens with one attached hydrogen (secondary N) is 1. The summed E-state index contributed by atoms with van der Waals surface area (Å²) in [6.07, 6.45) is 0. The Labute approximate surface area is 99.5 Å². The van der Waals surface area contributed by atoms with Crippen molar-refractivity contribution >= 4 is 5.82 Å². The van der Waals surface area contributed by atoms with Crippen molar-refractivity contribution in [1.29, 1.82) is 0 Å². The highest BCUT2D eigenvalue weighted by Gasteiger charge is 2.12. The van der Waals surface area contributed by atoms with Crippen LogP contribution in [0.25, 0.3) is 11.4 Å². The van der Waals surface area contributed by atoms with Crippen LogP contribution in [0.5, 0.6) is 0 Å². The summed E-state index contributed by atoms with van der Waals surface area (Å²) in [5.74, 6) is 0.885. The molecule has 0 aliphatic rings. The Morgan fingerprint density at radius 1 is 1.24 bits per heavy atom. The van der Waals surface area contributed by atoms with Crippen molar-refractivity contribution in [3.05, 3.63) is 46.2 Å². The number of hydrogen-bond donors (Lipinski definition) is 2. The molecule has 0 aliphatic heterocycles. The number of aromatic amines is 1. The smallest absolute Gasteiger partial charge is 0.256 e. The molecule has 0 aliphatic carbocycles. The molecule has 0 fully saturated rings. The lowest BCUT2D eigenvalue weighted by Gasteiger charge is -2.09. The van der Waals surface area contributed by atoms with Crippen molar-refractivity contribution in [2.75, 3.05) is 5.73 Å². The molecule has 1 aromatic carbocycles. The van der Waals surface area contributed by atoms with Crippen LogP contribution in [0.2, 0.25) is 0 Å². The van der Waals surface area contributed by atoms with E-state index in [0.29, 0.717) is 17.2 Å². The molecule has 0 atom stereocenters. The maximum atomic E-state index is 11.9. The molecule has 4 nitrogen and oxygen atoms in total. The van der Waals surface area contributed by atoms with Gasteiger partial charge in [-0.25, -0.2) is 4.98 Å². The van der Waals surface area contributed by atoms with Gasteiger partial charge >= 0.3 is 0 Å². The number of benzene rings is 1. The van der Waals surface area contributed by atoms with E-state index in [4.69, 9.17) is 5.73 Å². The maximum absolute atomic E-state index is 11.9. The second kappa shape index (κ2) is 4.41. The summed E-state index contributed by atoms with van der Waals surface area (Å²) >= 11 is 0. The first-order chi connectivity index (χ1) is 8.09. The monoisotopic (exact) mass is 229 g/mol. The summed E-state index contributed by atoms with van der Waals surface area (Å²) in [6, 6.07) is 9.46. The third-order valence-corrected chi connectivity index (χ3v) is 2.61. The molecule has 0 spiro atoms. The fraction of sp³-hybridized carbons (Fsp3) is 0.231. The van der Waals surface area contributed by atoms with Crippen molar-refractivity contribution < 1.29 is 0 Å². The summed E-state index contributed by atoms with van der Waals surface area (Å²) in [5, 5.41) is 0. The van der Waals surface area contributed by atoms with Gasteiger partial charge in [0.05, 0.1) is 5.56 Å². The topological polar surface area (TPSA) is 71.8 Å². The van der Waals surface area contributed by atoms with Crippen LogP contribution in [0.15, 0.2) is 35.1 Å². The van der Waals surface area contributed by atoms with Gasteiger partial charge in [0, 0.05) is 5.56 Å². The van der Waals surface area contributed by atoms with Gasteiger partial charge in [-0.05, 0) is 5.92 Å². The van der Waals surface area contributed by atoms with E-state index in [-0.39, 0.29) is 11.5 Å². The van der Waals surface area contributed by atoms with Crippen molar-refractivity contribution in [1.82, 2.24) is 9.97 Å². The van der Waals surface area contributed by atoms with E-state index in [0.717, 1.165) is 5.56 Å². The zero-order valence-corrected chi connectivity index (χ0v) is 9.90. The van der Waals surface area contributed by atoms with Gasteiger partial charge in [-0.1, -0.05) is 44.2 Å². The van der Waals surface area contributed by atoms with Gasteiger partial charge in [-0.15, -0.1) is 0 Å². The minimum atomic E-state index is -0.161. The molecule has 0 saturated carbocycles. The summed E-state index contributed by atoms with van der Waals surface area (Å²) in [5.41, 5.74) is 7.07. The molecule has 17 heavy (non-hydrogen) atoms. The maximum Gasteiger partial charge on any atom is 0.256 e. The molecule has 3 N–H and O–H groups in total. The Bertz CT molecular complexity index is 573. The first kappa shape index (κ1) is 11.4. The molecular formula is C13H15N3O. The molecule has 0 saturated heterocycles. The average molecular weight is 229 g/mol. The molecule has 88 valence electrons. The SMILES string of the molecule is CC(C)c1c(N)nc(-c2ccccc2)[nH]c1=O. The number of hydrogen-bond acceptors (Lipinski definition) is 3. The van der Waals surface area contributed by atoms with Crippen LogP contribution >= 0.6 is 0 Å². The molecule has 1 aromatic heterocycles. The van der Waals surface area contributed by atoms with E-state index in [9.17, 15) is 4.79 Å². The first-order valence-corrected chi connectivity index (χ1v) is 5.54. The average Bonchev–Trinajstić information content (AvgIpc) is 2.28. The molecule has 2 aromatic rings. The van der Waals surface area contributed by atoms with E-state index in [1.165, 1.54) is 0 Å². The van der Waals surface area contributed by atoms with Gasteiger partial charge in [-0.2, -0.15) is 0 Å². The Hall–Kier alpha value is -2.10. The third-order valence-electron chi connectivity index (χ3n) is 2.61. The highest BCUT2D eigenvalue weighted by atomic mass is 16.1. The first-order valence-electron chi connectivity index (χ1n) is 5.54. The summed E-state index contributed by atoms with van der Waals surface area (Å²) in [7, 11) is 0. The lowest BCUT2D eigenvalue weighted by Crippen LogP contribution is -2.19. The Morgan fingerprint density at radius 3 is 2.41 bits per heavy atom. The van der Waals surface area contributed by atoms with Gasteiger partial charge in [0.1, 0.15) is 11.6 Å². The second-order valence-electron chi connectivity index (χ2n) is 4.23. The van der Waals surface area contributed by atoms with Crippen molar-refractivity contribution in [2.24, 2.45) is 0 Å². The quantitative estimate of drug-likeness (QED) is 0.828. The number of H-pyrrole nitrogens is 1. The van der Waals surface area contributed by atoms with Gasteiger partial charge in [0.25, 0.3) is 5.56 Å². The normalized spacial score (nSPS) is 10.8. The lowest BCUT2D eigenvalue weighted by atomic mass is 10.1. The summed E-state index contributed by atoms with van der Waals surface area (Å²) in [4.78, 5) is 18.9. The zero-order chi connectivity index (χ0) is 12.4. The minimum absolute atomic E-state index is 0.0658. The largest absolute Gasteiger partial charge is 0.383 e. The summed E-state index contributed by atoms with van der Waals surface area (Å²) < 4.78 is 0. The highest BCUT2D eigenvalue weighted by molar-refractivity contribution is 5.57.